The van der Waals surface area contributed by atoms with E-state index in [1.54, 1.807) is 18.2 Å². The topological polar surface area (TPSA) is 66.8 Å². The number of carboxylic acid groups (broad SMARTS) is 1. The van der Waals surface area contributed by atoms with Crippen LogP contribution in [0.15, 0.2) is 18.2 Å². The first-order valence-electron chi connectivity index (χ1n) is 5.56. The average molecular weight is 304 g/mol. The number of carbonyl (C=O) groups excluding carboxylic acids is 1. The lowest BCUT2D eigenvalue weighted by atomic mass is 10.1. The van der Waals surface area contributed by atoms with Gasteiger partial charge in [-0.25, -0.2) is 4.79 Å². The summed E-state index contributed by atoms with van der Waals surface area (Å²) in [6.07, 6.45) is -1.94. The number of hydrogen-bond acceptors (Lipinski definition) is 3. The molecule has 0 radical (unpaired) electrons. The molecule has 1 heterocycles. The fourth-order valence-electron chi connectivity index (χ4n) is 1.84. The molecule has 1 aromatic rings. The lowest BCUT2D eigenvalue weighted by Crippen LogP contribution is -2.35. The number of hydrogen-bond donors (Lipinski definition) is 1. The van der Waals surface area contributed by atoms with Gasteiger partial charge in [-0.05, 0) is 17.7 Å². The van der Waals surface area contributed by atoms with E-state index in [0.29, 0.717) is 15.6 Å². The minimum Gasteiger partial charge on any atom is -0.465 e. The number of ether oxygens (including phenoxy) is 1. The zero-order valence-corrected chi connectivity index (χ0v) is 11.3. The Hall–Kier alpha value is -1.30. The van der Waals surface area contributed by atoms with E-state index in [1.807, 2.05) is 0 Å². The highest BCUT2D eigenvalue weighted by Gasteiger charge is 2.29. The van der Waals surface area contributed by atoms with Crippen LogP contribution < -0.4 is 0 Å². The number of benzene rings is 1. The van der Waals surface area contributed by atoms with Crippen molar-refractivity contribution in [1.82, 2.24) is 4.90 Å². The summed E-state index contributed by atoms with van der Waals surface area (Å²) in [6, 6.07) is 4.78. The van der Waals surface area contributed by atoms with Gasteiger partial charge in [0.05, 0.1) is 23.2 Å². The van der Waals surface area contributed by atoms with Gasteiger partial charge in [0.15, 0.2) is 5.78 Å². The van der Waals surface area contributed by atoms with Gasteiger partial charge in [-0.3, -0.25) is 9.69 Å². The first kappa shape index (κ1) is 14.1. The maximum atomic E-state index is 12.0. The molecular formula is C12H11Cl2NO4. The van der Waals surface area contributed by atoms with Gasteiger partial charge in [-0.1, -0.05) is 29.3 Å². The van der Waals surface area contributed by atoms with Crippen molar-refractivity contribution in [3.8, 4) is 0 Å². The predicted octanol–water partition coefficient (Wildman–Crippen LogP) is 2.61. The molecular weight excluding hydrogens is 293 g/mol. The van der Waals surface area contributed by atoms with Crippen molar-refractivity contribution in [2.75, 3.05) is 19.7 Å². The van der Waals surface area contributed by atoms with Crippen molar-refractivity contribution < 1.29 is 19.4 Å². The number of nitrogens with zero attached hydrogens (tertiary/aromatic N) is 1. The monoisotopic (exact) mass is 303 g/mol. The van der Waals surface area contributed by atoms with Crippen molar-refractivity contribution in [2.45, 2.75) is 6.10 Å². The van der Waals surface area contributed by atoms with Gasteiger partial charge in [-0.15, -0.1) is 0 Å². The SMILES string of the molecule is O=C1CN(C(=O)O)CCOC1c1ccc(Cl)c(Cl)c1. The van der Waals surface area contributed by atoms with Crippen LogP contribution in [0.4, 0.5) is 4.79 Å². The highest BCUT2D eigenvalue weighted by atomic mass is 35.5. The zero-order valence-electron chi connectivity index (χ0n) is 9.81. The molecule has 1 aliphatic heterocycles. The molecule has 1 aromatic carbocycles. The van der Waals surface area contributed by atoms with Crippen LogP contribution in [0.5, 0.6) is 0 Å². The lowest BCUT2D eigenvalue weighted by molar-refractivity contribution is -0.128. The average Bonchev–Trinajstić information content (AvgIpc) is 2.55. The number of amides is 1. The Kier molecular flexibility index (Phi) is 4.29. The second kappa shape index (κ2) is 5.77. The number of ketones is 1. The van der Waals surface area contributed by atoms with Crippen molar-refractivity contribution in [3.05, 3.63) is 33.8 Å². The summed E-state index contributed by atoms with van der Waals surface area (Å²) in [6.45, 7) is 0.127. The van der Waals surface area contributed by atoms with Crippen LogP contribution in [0, 0.1) is 0 Å². The highest BCUT2D eigenvalue weighted by Crippen LogP contribution is 2.28. The third kappa shape index (κ3) is 3.18. The largest absolute Gasteiger partial charge is 0.465 e. The van der Waals surface area contributed by atoms with Crippen molar-refractivity contribution in [2.24, 2.45) is 0 Å². The summed E-state index contributed by atoms with van der Waals surface area (Å²) < 4.78 is 5.42. The zero-order chi connectivity index (χ0) is 14.0. The smallest absolute Gasteiger partial charge is 0.407 e. The van der Waals surface area contributed by atoms with Gasteiger partial charge in [0.2, 0.25) is 0 Å². The van der Waals surface area contributed by atoms with Gasteiger partial charge in [0.25, 0.3) is 0 Å². The Labute approximate surface area is 119 Å². The van der Waals surface area contributed by atoms with E-state index in [4.69, 9.17) is 33.0 Å². The molecule has 1 fully saturated rings. The molecule has 0 saturated carbocycles. The van der Waals surface area contributed by atoms with E-state index < -0.39 is 12.2 Å². The van der Waals surface area contributed by atoms with Crippen LogP contribution in [0.1, 0.15) is 11.7 Å². The van der Waals surface area contributed by atoms with Crippen LogP contribution in [-0.4, -0.2) is 41.6 Å². The molecule has 0 bridgehead atoms. The second-order valence-electron chi connectivity index (χ2n) is 4.09. The maximum Gasteiger partial charge on any atom is 0.407 e. The number of rotatable bonds is 1. The Morgan fingerprint density at radius 3 is 2.74 bits per heavy atom. The van der Waals surface area contributed by atoms with E-state index in [9.17, 15) is 9.59 Å². The van der Waals surface area contributed by atoms with Gasteiger partial charge in [-0.2, -0.15) is 0 Å². The predicted molar refractivity (Wildman–Crippen MR) is 69.8 cm³/mol. The molecule has 1 unspecified atom stereocenters. The molecule has 19 heavy (non-hydrogen) atoms. The van der Waals surface area contributed by atoms with Crippen molar-refractivity contribution in [3.63, 3.8) is 0 Å². The van der Waals surface area contributed by atoms with Crippen LogP contribution in [0.2, 0.25) is 10.0 Å². The molecule has 102 valence electrons. The molecule has 1 aliphatic rings. The molecule has 7 heteroatoms. The van der Waals surface area contributed by atoms with E-state index in [-0.39, 0.29) is 25.5 Å². The fourth-order valence-corrected chi connectivity index (χ4v) is 2.15. The normalized spacial score (nSPS) is 20.2. The minimum absolute atomic E-state index is 0.156. The quantitative estimate of drug-likeness (QED) is 0.866. The molecule has 1 N–H and O–H groups in total. The summed E-state index contributed by atoms with van der Waals surface area (Å²) in [5, 5.41) is 9.61. The summed E-state index contributed by atoms with van der Waals surface area (Å²) in [7, 11) is 0. The summed E-state index contributed by atoms with van der Waals surface area (Å²) >= 11 is 11.7. The third-order valence-corrected chi connectivity index (χ3v) is 3.54. The minimum atomic E-state index is -1.13. The molecule has 0 aromatic heterocycles. The van der Waals surface area contributed by atoms with Crippen molar-refractivity contribution in [1.29, 1.82) is 0 Å². The number of Topliss-reactive ketones (excluding diaryl/α,β-unsaturated/α-hetero) is 1. The van der Waals surface area contributed by atoms with Gasteiger partial charge >= 0.3 is 6.09 Å². The van der Waals surface area contributed by atoms with E-state index >= 15 is 0 Å². The van der Waals surface area contributed by atoms with Crippen LogP contribution in [0.3, 0.4) is 0 Å². The van der Waals surface area contributed by atoms with E-state index in [2.05, 4.69) is 0 Å². The Morgan fingerprint density at radius 1 is 1.37 bits per heavy atom. The summed E-state index contributed by atoms with van der Waals surface area (Å²) in [5.41, 5.74) is 0.576. The molecule has 5 nitrogen and oxygen atoms in total. The highest BCUT2D eigenvalue weighted by molar-refractivity contribution is 6.42. The van der Waals surface area contributed by atoms with E-state index in [1.165, 1.54) is 0 Å². The summed E-state index contributed by atoms with van der Waals surface area (Å²) in [5.74, 6) is -0.321. The first-order valence-corrected chi connectivity index (χ1v) is 6.32. The molecule has 0 spiro atoms. The van der Waals surface area contributed by atoms with Crippen LogP contribution in [-0.2, 0) is 9.53 Å². The molecule has 1 amide bonds. The molecule has 0 aliphatic carbocycles. The fraction of sp³-hybridized carbons (Fsp3) is 0.333. The lowest BCUT2D eigenvalue weighted by Gasteiger charge is -2.15. The Morgan fingerprint density at radius 2 is 2.11 bits per heavy atom. The Bertz CT molecular complexity index is 520. The van der Waals surface area contributed by atoms with E-state index in [0.717, 1.165) is 4.90 Å². The molecule has 1 saturated heterocycles. The second-order valence-corrected chi connectivity index (χ2v) is 4.91. The van der Waals surface area contributed by atoms with Crippen molar-refractivity contribution >= 4 is 35.1 Å². The molecule has 2 rings (SSSR count). The first-order chi connectivity index (χ1) is 8.99. The van der Waals surface area contributed by atoms with Gasteiger partial charge < -0.3 is 9.84 Å². The summed E-state index contributed by atoms with van der Waals surface area (Å²) in [4.78, 5) is 23.9. The van der Waals surface area contributed by atoms with Crippen LogP contribution >= 0.6 is 23.2 Å². The van der Waals surface area contributed by atoms with Gasteiger partial charge in [0.1, 0.15) is 6.10 Å². The Balaban J connectivity index is 2.22. The maximum absolute atomic E-state index is 12.0. The van der Waals surface area contributed by atoms with Gasteiger partial charge in [0, 0.05) is 6.54 Å². The third-order valence-electron chi connectivity index (χ3n) is 2.80. The molecule has 1 atom stereocenters. The van der Waals surface area contributed by atoms with Crippen LogP contribution in [0.25, 0.3) is 0 Å². The number of halogens is 2. The number of carbonyl (C=O) groups is 2. The standard InChI is InChI=1S/C12H11Cl2NO4/c13-8-2-1-7(5-9(8)14)11-10(16)6-15(12(17)18)3-4-19-11/h1-2,5,11H,3-4,6H2,(H,17,18).